The molecule has 174 valence electrons. The lowest BCUT2D eigenvalue weighted by molar-refractivity contribution is 0.00606. The number of hydrogen-bond acceptors (Lipinski definition) is 6. The van der Waals surface area contributed by atoms with Gasteiger partial charge in [0.25, 0.3) is 0 Å². The van der Waals surface area contributed by atoms with E-state index >= 15 is 0 Å². The van der Waals surface area contributed by atoms with Gasteiger partial charge in [0.15, 0.2) is 9.76 Å². The lowest BCUT2D eigenvalue weighted by atomic mass is 9.73. The van der Waals surface area contributed by atoms with Crippen molar-refractivity contribution in [2.75, 3.05) is 5.73 Å². The molecular formula is C25H34N6OSi. The molecule has 1 aromatic carbocycles. The summed E-state index contributed by atoms with van der Waals surface area (Å²) < 4.78 is 8.51. The van der Waals surface area contributed by atoms with Crippen LogP contribution < -0.4 is 5.73 Å². The third-order valence-electron chi connectivity index (χ3n) is 6.52. The number of nitrogens with zero attached hydrogens (tertiary/aromatic N) is 5. The van der Waals surface area contributed by atoms with E-state index < -0.39 is 9.76 Å². The first-order valence-electron chi connectivity index (χ1n) is 11.6. The molecule has 0 aliphatic heterocycles. The van der Waals surface area contributed by atoms with Crippen molar-refractivity contribution in [2.45, 2.75) is 77.9 Å². The summed E-state index contributed by atoms with van der Waals surface area (Å²) in [4.78, 5) is 17.1. The van der Waals surface area contributed by atoms with Crippen molar-refractivity contribution < 1.29 is 4.43 Å². The van der Waals surface area contributed by atoms with Crippen LogP contribution in [0.1, 0.15) is 71.7 Å². The molecule has 0 spiro atoms. The fourth-order valence-corrected chi connectivity index (χ4v) is 5.59. The van der Waals surface area contributed by atoms with Gasteiger partial charge in [-0.1, -0.05) is 45.5 Å². The van der Waals surface area contributed by atoms with Crippen LogP contribution in [0.15, 0.2) is 24.5 Å². The minimum Gasteiger partial charge on any atom is -0.417 e. The van der Waals surface area contributed by atoms with Crippen molar-refractivity contribution in [3.8, 4) is 17.8 Å². The van der Waals surface area contributed by atoms with E-state index in [9.17, 15) is 0 Å². The zero-order valence-electron chi connectivity index (χ0n) is 20.6. The first-order valence-corrected chi connectivity index (χ1v) is 12.9. The number of anilines is 1. The molecule has 33 heavy (non-hydrogen) atoms. The van der Waals surface area contributed by atoms with Crippen LogP contribution in [0, 0.1) is 24.2 Å². The highest BCUT2D eigenvalue weighted by Gasteiger charge is 2.46. The molecule has 1 saturated carbocycles. The predicted octanol–water partition coefficient (Wildman–Crippen LogP) is 4.11. The summed E-state index contributed by atoms with van der Waals surface area (Å²) in [7, 11) is -0.677. The summed E-state index contributed by atoms with van der Waals surface area (Å²) >= 11 is 0. The molecule has 0 bridgehead atoms. The standard InChI is InChI=1S/C25H34N6OSi/c1-17-29-19-10-9-18(15-20(19)31(17)22-28-16-27-21(26)30-22)11-14-25(12-7-8-13-25)24(5,6)32-33-23(2,3)4/h9-10,15-16H,7-8,12-13,33H2,1-6H3,(H2,26,27,28,30). The summed E-state index contributed by atoms with van der Waals surface area (Å²) in [5.41, 5.74) is 8.11. The molecule has 1 aliphatic rings. The van der Waals surface area contributed by atoms with Gasteiger partial charge in [0, 0.05) is 5.56 Å². The Balaban J connectivity index is 1.72. The number of rotatable bonds is 4. The molecule has 2 aromatic heterocycles. The highest BCUT2D eigenvalue weighted by atomic mass is 28.2. The fourth-order valence-electron chi connectivity index (χ4n) is 4.52. The van der Waals surface area contributed by atoms with Crippen LogP contribution in [0.4, 0.5) is 5.95 Å². The second-order valence-corrected chi connectivity index (χ2v) is 13.4. The maximum atomic E-state index is 6.62. The molecule has 3 aromatic rings. The SMILES string of the molecule is Cc1nc2ccc(C#CC3(C(C)(C)O[SiH2]C(C)(C)C)CCCC3)cc2n1-c1ncnc(N)n1. The Morgan fingerprint density at radius 3 is 2.48 bits per heavy atom. The number of nitrogen functional groups attached to an aromatic ring is 1. The molecule has 7 nitrogen and oxygen atoms in total. The van der Waals surface area contributed by atoms with E-state index in [1.165, 1.54) is 19.2 Å². The molecule has 1 fully saturated rings. The van der Waals surface area contributed by atoms with Gasteiger partial charge >= 0.3 is 0 Å². The van der Waals surface area contributed by atoms with Crippen molar-refractivity contribution in [1.29, 1.82) is 0 Å². The quantitative estimate of drug-likeness (QED) is 0.463. The van der Waals surface area contributed by atoms with E-state index in [2.05, 4.69) is 72.5 Å². The molecule has 2 heterocycles. The van der Waals surface area contributed by atoms with Crippen molar-refractivity contribution in [1.82, 2.24) is 24.5 Å². The van der Waals surface area contributed by atoms with Crippen molar-refractivity contribution in [2.24, 2.45) is 5.41 Å². The van der Waals surface area contributed by atoms with Crippen molar-refractivity contribution >= 4 is 26.7 Å². The fraction of sp³-hybridized carbons (Fsp3) is 0.520. The van der Waals surface area contributed by atoms with Gasteiger partial charge in [-0.15, -0.1) is 0 Å². The lowest BCUT2D eigenvalue weighted by Crippen LogP contribution is -2.45. The Hall–Kier alpha value is -2.76. The predicted molar refractivity (Wildman–Crippen MR) is 135 cm³/mol. The highest BCUT2D eigenvalue weighted by Crippen LogP contribution is 2.48. The van der Waals surface area contributed by atoms with E-state index in [1.54, 1.807) is 0 Å². The summed E-state index contributed by atoms with van der Waals surface area (Å²) in [5, 5.41) is 0.254. The number of hydrogen-bond donors (Lipinski definition) is 1. The second-order valence-electron chi connectivity index (χ2n) is 10.7. The van der Waals surface area contributed by atoms with Crippen LogP contribution in [0.2, 0.25) is 5.04 Å². The Kier molecular flexibility index (Phi) is 6.06. The average Bonchev–Trinajstić information content (AvgIpc) is 3.35. The van der Waals surface area contributed by atoms with Gasteiger partial charge in [0.05, 0.1) is 22.0 Å². The molecule has 4 rings (SSSR count). The summed E-state index contributed by atoms with van der Waals surface area (Å²) in [5.74, 6) is 8.60. The van der Waals surface area contributed by atoms with Crippen molar-refractivity contribution in [3.63, 3.8) is 0 Å². The van der Waals surface area contributed by atoms with Crippen LogP contribution in [-0.2, 0) is 4.43 Å². The molecule has 0 amide bonds. The first kappa shape index (κ1) is 23.4. The maximum absolute atomic E-state index is 6.62. The number of benzene rings is 1. The van der Waals surface area contributed by atoms with Gasteiger partial charge in [-0.05, 0) is 56.9 Å². The Bertz CT molecular complexity index is 1230. The maximum Gasteiger partial charge on any atom is 0.240 e. The molecule has 0 unspecified atom stereocenters. The van der Waals surface area contributed by atoms with Crippen LogP contribution >= 0.6 is 0 Å². The monoisotopic (exact) mass is 462 g/mol. The van der Waals surface area contributed by atoms with Gasteiger partial charge < -0.3 is 10.2 Å². The Morgan fingerprint density at radius 2 is 1.82 bits per heavy atom. The van der Waals surface area contributed by atoms with Gasteiger partial charge in [-0.25, -0.2) is 15.0 Å². The van der Waals surface area contributed by atoms with E-state index in [1.807, 2.05) is 23.6 Å². The Morgan fingerprint density at radius 1 is 1.09 bits per heavy atom. The summed E-state index contributed by atoms with van der Waals surface area (Å²) in [6, 6.07) is 6.10. The van der Waals surface area contributed by atoms with Crippen LogP contribution in [0.3, 0.4) is 0 Å². The lowest BCUT2D eigenvalue weighted by Gasteiger charge is -2.42. The third-order valence-corrected chi connectivity index (χ3v) is 8.25. The molecule has 1 aliphatic carbocycles. The second kappa shape index (κ2) is 8.54. The van der Waals surface area contributed by atoms with E-state index in [0.717, 1.165) is 35.3 Å². The highest BCUT2D eigenvalue weighted by molar-refractivity contribution is 6.31. The van der Waals surface area contributed by atoms with E-state index in [4.69, 9.17) is 10.2 Å². The van der Waals surface area contributed by atoms with Crippen LogP contribution in [-0.4, -0.2) is 39.9 Å². The van der Waals surface area contributed by atoms with Gasteiger partial charge in [0.2, 0.25) is 11.9 Å². The number of fused-ring (bicyclic) bond motifs is 1. The number of aryl methyl sites for hydroxylation is 1. The summed E-state index contributed by atoms with van der Waals surface area (Å²) in [6.45, 7) is 13.2. The molecule has 0 saturated heterocycles. The minimum atomic E-state index is -0.677. The Labute approximate surface area is 198 Å². The van der Waals surface area contributed by atoms with Gasteiger partial charge in [0.1, 0.15) is 12.2 Å². The number of aromatic nitrogens is 5. The first-order chi connectivity index (χ1) is 15.5. The number of imidazole rings is 1. The van der Waals surface area contributed by atoms with Crippen LogP contribution in [0.5, 0.6) is 0 Å². The van der Waals surface area contributed by atoms with E-state index in [0.29, 0.717) is 5.95 Å². The minimum absolute atomic E-state index is 0.126. The summed E-state index contributed by atoms with van der Waals surface area (Å²) in [6.07, 6.45) is 5.97. The normalized spacial score (nSPS) is 16.4. The third kappa shape index (κ3) is 4.80. The van der Waals surface area contributed by atoms with Gasteiger partial charge in [-0.2, -0.15) is 4.98 Å². The topological polar surface area (TPSA) is 91.7 Å². The van der Waals surface area contributed by atoms with Crippen LogP contribution in [0.25, 0.3) is 17.0 Å². The van der Waals surface area contributed by atoms with E-state index in [-0.39, 0.29) is 22.0 Å². The largest absolute Gasteiger partial charge is 0.417 e. The average molecular weight is 463 g/mol. The molecule has 2 N–H and O–H groups in total. The molecule has 0 atom stereocenters. The molecule has 0 radical (unpaired) electrons. The molecular weight excluding hydrogens is 428 g/mol. The zero-order valence-corrected chi connectivity index (χ0v) is 22.0. The van der Waals surface area contributed by atoms with Crippen molar-refractivity contribution in [3.05, 3.63) is 35.9 Å². The zero-order chi connectivity index (χ0) is 23.9. The van der Waals surface area contributed by atoms with Gasteiger partial charge in [-0.3, -0.25) is 4.57 Å². The smallest absolute Gasteiger partial charge is 0.240 e. The number of nitrogens with two attached hydrogens (primary N) is 1. The molecule has 8 heteroatoms.